The molecular weight excluding hydrogens is 237 g/mol. The van der Waals surface area contributed by atoms with E-state index in [9.17, 15) is 9.18 Å². The average Bonchev–Trinajstić information content (AvgIpc) is 2.11. The molecule has 0 fully saturated rings. The van der Waals surface area contributed by atoms with Gasteiger partial charge in [-0.1, -0.05) is 12.6 Å². The number of carbonyl (C=O) groups excluding carboxylic acids is 1. The van der Waals surface area contributed by atoms with Crippen molar-refractivity contribution in [2.24, 2.45) is 0 Å². The minimum Gasteiger partial charge on any atom is -0.319 e. The normalized spacial score (nSPS) is 9.38. The molecule has 68 valence electrons. The number of carbonyl (C=O) groups is 1. The predicted octanol–water partition coefficient (Wildman–Crippen LogP) is 2.71. The minimum atomic E-state index is -0.482. The van der Waals surface area contributed by atoms with Crippen LogP contribution in [0.2, 0.25) is 0 Å². The van der Waals surface area contributed by atoms with Crippen molar-refractivity contribution in [3.63, 3.8) is 0 Å². The zero-order valence-corrected chi connectivity index (χ0v) is 8.27. The molecule has 13 heavy (non-hydrogen) atoms. The lowest BCUT2D eigenvalue weighted by atomic mass is 10.3. The fourth-order valence-corrected chi connectivity index (χ4v) is 1.23. The van der Waals surface area contributed by atoms with Gasteiger partial charge in [0.25, 0.3) is 0 Å². The molecule has 0 bridgehead atoms. The third-order valence-corrected chi connectivity index (χ3v) is 2.06. The van der Waals surface area contributed by atoms with Crippen LogP contribution in [0.1, 0.15) is 0 Å². The molecule has 0 atom stereocenters. The third kappa shape index (κ3) is 2.39. The summed E-state index contributed by atoms with van der Waals surface area (Å²) in [4.78, 5) is 10.9. The third-order valence-electron chi connectivity index (χ3n) is 1.40. The van der Waals surface area contributed by atoms with Crippen molar-refractivity contribution in [3.8, 4) is 0 Å². The molecule has 1 amide bonds. The Balaban J connectivity index is 2.99. The zero-order valence-electron chi connectivity index (χ0n) is 6.68. The van der Waals surface area contributed by atoms with Crippen LogP contribution < -0.4 is 5.32 Å². The Morgan fingerprint density at radius 3 is 2.85 bits per heavy atom. The van der Waals surface area contributed by atoms with Crippen molar-refractivity contribution < 1.29 is 9.18 Å². The van der Waals surface area contributed by atoms with Gasteiger partial charge in [0.15, 0.2) is 0 Å². The lowest BCUT2D eigenvalue weighted by Gasteiger charge is -2.05. The van der Waals surface area contributed by atoms with Gasteiger partial charge in [0.1, 0.15) is 5.82 Å². The second-order valence-corrected chi connectivity index (χ2v) is 3.14. The molecule has 1 rings (SSSR count). The summed E-state index contributed by atoms with van der Waals surface area (Å²) in [5.74, 6) is -0.921. The van der Waals surface area contributed by atoms with E-state index in [1.165, 1.54) is 6.07 Å². The van der Waals surface area contributed by atoms with Crippen molar-refractivity contribution in [2.45, 2.75) is 0 Å². The van der Waals surface area contributed by atoms with Crippen LogP contribution in [0, 0.1) is 5.82 Å². The molecule has 0 aliphatic carbocycles. The van der Waals surface area contributed by atoms with Gasteiger partial charge in [0.2, 0.25) is 5.91 Å². The Labute approximate surface area is 83.6 Å². The molecule has 1 aromatic carbocycles. The summed E-state index contributed by atoms with van der Waals surface area (Å²) in [6.07, 6.45) is 1.08. The zero-order chi connectivity index (χ0) is 9.84. The molecule has 0 saturated carbocycles. The van der Waals surface area contributed by atoms with E-state index in [1.807, 2.05) is 0 Å². The van der Waals surface area contributed by atoms with Crippen LogP contribution in [0.4, 0.5) is 10.1 Å². The number of rotatable bonds is 2. The van der Waals surface area contributed by atoms with E-state index in [4.69, 9.17) is 0 Å². The van der Waals surface area contributed by atoms with Crippen molar-refractivity contribution in [2.75, 3.05) is 5.32 Å². The van der Waals surface area contributed by atoms with Crippen molar-refractivity contribution >= 4 is 27.5 Å². The Bertz CT molecular complexity index is 331. The number of hydrogen-bond donors (Lipinski definition) is 1. The molecule has 0 aliphatic heterocycles. The first kappa shape index (κ1) is 9.92. The number of hydrogen-bond acceptors (Lipinski definition) is 1. The van der Waals surface area contributed by atoms with E-state index < -0.39 is 11.7 Å². The lowest BCUT2D eigenvalue weighted by Crippen LogP contribution is -2.09. The summed E-state index contributed by atoms with van der Waals surface area (Å²) in [7, 11) is 0. The smallest absolute Gasteiger partial charge is 0.247 e. The van der Waals surface area contributed by atoms with Gasteiger partial charge in [-0.25, -0.2) is 4.39 Å². The van der Waals surface area contributed by atoms with Crippen molar-refractivity contribution in [1.29, 1.82) is 0 Å². The molecule has 0 aromatic heterocycles. The highest BCUT2D eigenvalue weighted by atomic mass is 79.9. The minimum absolute atomic E-state index is 0.132. The summed E-state index contributed by atoms with van der Waals surface area (Å²) in [5.41, 5.74) is 0.132. The van der Waals surface area contributed by atoms with Gasteiger partial charge in [-0.2, -0.15) is 0 Å². The Kier molecular flexibility index (Phi) is 3.19. The second kappa shape index (κ2) is 4.18. The first-order chi connectivity index (χ1) is 6.15. The van der Waals surface area contributed by atoms with Gasteiger partial charge >= 0.3 is 0 Å². The molecule has 0 unspecified atom stereocenters. The fraction of sp³-hybridized carbons (Fsp3) is 0. The summed E-state index contributed by atoms with van der Waals surface area (Å²) >= 11 is 3.12. The number of nitrogens with one attached hydrogen (secondary N) is 1. The maximum Gasteiger partial charge on any atom is 0.247 e. The van der Waals surface area contributed by atoms with Gasteiger partial charge in [-0.3, -0.25) is 4.79 Å². The number of benzene rings is 1. The maximum atomic E-state index is 13.1. The molecule has 0 radical (unpaired) electrons. The molecule has 0 aliphatic rings. The fourth-order valence-electron chi connectivity index (χ4n) is 0.791. The van der Waals surface area contributed by atoms with Gasteiger partial charge in [-0.05, 0) is 34.1 Å². The van der Waals surface area contributed by atoms with Crippen LogP contribution in [-0.4, -0.2) is 5.91 Å². The molecular formula is C9H7BrFNO. The van der Waals surface area contributed by atoms with E-state index in [2.05, 4.69) is 27.8 Å². The Hall–Kier alpha value is -1.16. The maximum absolute atomic E-state index is 13.1. The quantitative estimate of drug-likeness (QED) is 0.796. The van der Waals surface area contributed by atoms with Gasteiger partial charge in [-0.15, -0.1) is 0 Å². The second-order valence-electron chi connectivity index (χ2n) is 2.29. The van der Waals surface area contributed by atoms with E-state index in [-0.39, 0.29) is 5.69 Å². The van der Waals surface area contributed by atoms with Gasteiger partial charge in [0, 0.05) is 4.47 Å². The first-order valence-corrected chi connectivity index (χ1v) is 4.32. The van der Waals surface area contributed by atoms with Crippen molar-refractivity contribution in [1.82, 2.24) is 0 Å². The summed E-state index contributed by atoms with van der Waals surface area (Å²) < 4.78 is 13.6. The van der Waals surface area contributed by atoms with Crippen molar-refractivity contribution in [3.05, 3.63) is 41.1 Å². The predicted molar refractivity (Wildman–Crippen MR) is 52.9 cm³/mol. The highest BCUT2D eigenvalue weighted by molar-refractivity contribution is 9.10. The monoisotopic (exact) mass is 243 g/mol. The average molecular weight is 244 g/mol. The summed E-state index contributed by atoms with van der Waals surface area (Å²) in [5, 5.41) is 2.35. The number of para-hydroxylation sites is 1. The Morgan fingerprint density at radius 1 is 1.62 bits per heavy atom. The van der Waals surface area contributed by atoms with Gasteiger partial charge in [0.05, 0.1) is 5.69 Å². The topological polar surface area (TPSA) is 29.1 Å². The summed E-state index contributed by atoms with van der Waals surface area (Å²) in [6.45, 7) is 3.27. The van der Waals surface area contributed by atoms with Crippen LogP contribution in [0.25, 0.3) is 0 Å². The first-order valence-electron chi connectivity index (χ1n) is 3.52. The van der Waals surface area contributed by atoms with Crippen LogP contribution in [0.5, 0.6) is 0 Å². The van der Waals surface area contributed by atoms with Crippen LogP contribution in [-0.2, 0) is 4.79 Å². The molecule has 4 heteroatoms. The summed E-state index contributed by atoms with van der Waals surface area (Å²) in [6, 6.07) is 4.45. The van der Waals surface area contributed by atoms with E-state index >= 15 is 0 Å². The van der Waals surface area contributed by atoms with Crippen LogP contribution >= 0.6 is 15.9 Å². The lowest BCUT2D eigenvalue weighted by molar-refractivity contribution is -0.111. The number of halogens is 2. The van der Waals surface area contributed by atoms with E-state index in [1.54, 1.807) is 12.1 Å². The molecule has 2 nitrogen and oxygen atoms in total. The van der Waals surface area contributed by atoms with Gasteiger partial charge < -0.3 is 5.32 Å². The largest absolute Gasteiger partial charge is 0.319 e. The number of amides is 1. The van der Waals surface area contributed by atoms with Crippen LogP contribution in [0.3, 0.4) is 0 Å². The van der Waals surface area contributed by atoms with E-state index in [0.717, 1.165) is 6.08 Å². The Morgan fingerprint density at radius 2 is 2.31 bits per heavy atom. The standard InChI is InChI=1S/C9H7BrFNO/c1-2-8(13)12-9-6(10)4-3-5-7(9)11/h2-5H,1H2,(H,12,13). The molecule has 0 heterocycles. The van der Waals surface area contributed by atoms with E-state index in [0.29, 0.717) is 4.47 Å². The highest BCUT2D eigenvalue weighted by Crippen LogP contribution is 2.24. The van der Waals surface area contributed by atoms with Crippen LogP contribution in [0.15, 0.2) is 35.3 Å². The molecule has 0 saturated heterocycles. The highest BCUT2D eigenvalue weighted by Gasteiger charge is 2.07. The SMILES string of the molecule is C=CC(=O)Nc1c(F)cccc1Br. The molecule has 1 N–H and O–H groups in total. The number of anilines is 1. The molecule has 0 spiro atoms. The molecule has 1 aromatic rings.